The highest BCUT2D eigenvalue weighted by molar-refractivity contribution is 5.78. The molecule has 0 saturated carbocycles. The molecule has 1 fully saturated rings. The number of piperidine rings is 1. The van der Waals surface area contributed by atoms with Crippen molar-refractivity contribution in [3.63, 3.8) is 0 Å². The largest absolute Gasteiger partial charge is 0.352 e. The van der Waals surface area contributed by atoms with Gasteiger partial charge in [-0.1, -0.05) is 48.9 Å². The Morgan fingerprint density at radius 3 is 2.28 bits per heavy atom. The molecule has 0 atom stereocenters. The van der Waals surface area contributed by atoms with Gasteiger partial charge in [0.2, 0.25) is 5.91 Å². The van der Waals surface area contributed by atoms with Crippen LogP contribution >= 0.6 is 0 Å². The molecule has 3 nitrogen and oxygen atoms in total. The molecule has 1 saturated heterocycles. The smallest absolute Gasteiger partial charge is 0.224 e. The highest BCUT2D eigenvalue weighted by Gasteiger charge is 2.13. The average Bonchev–Trinajstić information content (AvgIpc) is 2.64. The van der Waals surface area contributed by atoms with E-state index in [9.17, 15) is 9.18 Å². The number of nitrogens with zero attached hydrogens (tertiary/aromatic N) is 1. The Labute approximate surface area is 148 Å². The number of carbonyl (C=O) groups is 1. The maximum atomic E-state index is 13.7. The Balaban J connectivity index is 1.57. The zero-order chi connectivity index (χ0) is 17.5. The third kappa shape index (κ3) is 5.13. The van der Waals surface area contributed by atoms with Crippen LogP contribution in [0.5, 0.6) is 0 Å². The normalized spacial score (nSPS) is 15.1. The molecule has 0 bridgehead atoms. The van der Waals surface area contributed by atoms with Crippen molar-refractivity contribution >= 4 is 5.91 Å². The van der Waals surface area contributed by atoms with Crippen LogP contribution in [0.2, 0.25) is 0 Å². The van der Waals surface area contributed by atoms with Crippen LogP contribution in [0.3, 0.4) is 0 Å². The quantitative estimate of drug-likeness (QED) is 0.870. The van der Waals surface area contributed by atoms with Crippen molar-refractivity contribution in [2.75, 3.05) is 13.1 Å². The first kappa shape index (κ1) is 17.6. The van der Waals surface area contributed by atoms with Crippen LogP contribution < -0.4 is 5.32 Å². The molecule has 1 amide bonds. The molecule has 0 aliphatic carbocycles. The van der Waals surface area contributed by atoms with Gasteiger partial charge in [0.1, 0.15) is 5.82 Å². The second kappa shape index (κ2) is 8.77. The van der Waals surface area contributed by atoms with Gasteiger partial charge in [-0.25, -0.2) is 4.39 Å². The van der Waals surface area contributed by atoms with Gasteiger partial charge in [0.05, 0.1) is 6.42 Å². The van der Waals surface area contributed by atoms with E-state index in [0.29, 0.717) is 12.1 Å². The fourth-order valence-corrected chi connectivity index (χ4v) is 3.31. The van der Waals surface area contributed by atoms with E-state index >= 15 is 0 Å². The highest BCUT2D eigenvalue weighted by Crippen LogP contribution is 2.16. The molecular weight excluding hydrogens is 315 g/mol. The summed E-state index contributed by atoms with van der Waals surface area (Å²) in [6.45, 7) is 3.71. The minimum atomic E-state index is -0.330. The predicted molar refractivity (Wildman–Crippen MR) is 97.5 cm³/mol. The number of rotatable bonds is 6. The number of amides is 1. The molecule has 1 N–H and O–H groups in total. The number of carbonyl (C=O) groups excluding carboxylic acids is 1. The van der Waals surface area contributed by atoms with Gasteiger partial charge in [-0.3, -0.25) is 9.69 Å². The molecule has 1 heterocycles. The predicted octanol–water partition coefficient (Wildman–Crippen LogP) is 3.67. The summed E-state index contributed by atoms with van der Waals surface area (Å²) in [6, 6.07) is 14.7. The molecule has 0 spiro atoms. The number of halogens is 1. The third-order valence-corrected chi connectivity index (χ3v) is 4.75. The fourth-order valence-electron chi connectivity index (χ4n) is 3.31. The lowest BCUT2D eigenvalue weighted by Crippen LogP contribution is -2.30. The maximum absolute atomic E-state index is 13.7. The summed E-state index contributed by atoms with van der Waals surface area (Å²) >= 11 is 0. The number of benzene rings is 2. The molecule has 25 heavy (non-hydrogen) atoms. The summed E-state index contributed by atoms with van der Waals surface area (Å²) in [5.74, 6) is -0.485. The zero-order valence-electron chi connectivity index (χ0n) is 14.5. The number of likely N-dealkylation sites (tertiary alicyclic amines) is 1. The van der Waals surface area contributed by atoms with Crippen molar-refractivity contribution in [2.45, 2.75) is 38.8 Å². The van der Waals surface area contributed by atoms with Crippen LogP contribution in [0.1, 0.15) is 36.0 Å². The molecule has 0 radical (unpaired) electrons. The average molecular weight is 340 g/mol. The van der Waals surface area contributed by atoms with Gasteiger partial charge in [0.25, 0.3) is 0 Å². The van der Waals surface area contributed by atoms with Crippen LogP contribution in [0, 0.1) is 5.82 Å². The van der Waals surface area contributed by atoms with Crippen molar-refractivity contribution in [1.29, 1.82) is 0 Å². The van der Waals surface area contributed by atoms with Crippen molar-refractivity contribution in [1.82, 2.24) is 10.2 Å². The van der Waals surface area contributed by atoms with Crippen LogP contribution in [-0.2, 0) is 24.3 Å². The topological polar surface area (TPSA) is 32.3 Å². The first-order chi connectivity index (χ1) is 12.2. The Morgan fingerprint density at radius 1 is 0.920 bits per heavy atom. The minimum Gasteiger partial charge on any atom is -0.352 e. The monoisotopic (exact) mass is 340 g/mol. The van der Waals surface area contributed by atoms with E-state index in [-0.39, 0.29) is 18.1 Å². The van der Waals surface area contributed by atoms with Crippen LogP contribution in [0.4, 0.5) is 4.39 Å². The maximum Gasteiger partial charge on any atom is 0.224 e. The molecule has 0 aromatic heterocycles. The molecule has 0 unspecified atom stereocenters. The molecule has 2 aromatic rings. The number of nitrogens with one attached hydrogen (secondary N) is 1. The van der Waals surface area contributed by atoms with Gasteiger partial charge in [-0.05, 0) is 48.7 Å². The SMILES string of the molecule is O=C(Cc1ccccc1F)NCc1ccccc1CN1CCCCC1. The van der Waals surface area contributed by atoms with Crippen LogP contribution in [0.15, 0.2) is 48.5 Å². The van der Waals surface area contributed by atoms with E-state index in [1.54, 1.807) is 18.2 Å². The van der Waals surface area contributed by atoms with Crippen molar-refractivity contribution in [3.05, 3.63) is 71.0 Å². The summed E-state index contributed by atoms with van der Waals surface area (Å²) in [4.78, 5) is 14.6. The van der Waals surface area contributed by atoms with Crippen molar-refractivity contribution < 1.29 is 9.18 Å². The molecule has 132 valence electrons. The third-order valence-electron chi connectivity index (χ3n) is 4.75. The lowest BCUT2D eigenvalue weighted by Gasteiger charge is -2.27. The molecule has 3 rings (SSSR count). The Morgan fingerprint density at radius 2 is 1.56 bits per heavy atom. The zero-order valence-corrected chi connectivity index (χ0v) is 14.5. The van der Waals surface area contributed by atoms with E-state index in [2.05, 4.69) is 22.3 Å². The van der Waals surface area contributed by atoms with Crippen molar-refractivity contribution in [2.24, 2.45) is 0 Å². The first-order valence-corrected chi connectivity index (χ1v) is 9.01. The minimum absolute atomic E-state index is 0.0704. The van der Waals surface area contributed by atoms with E-state index in [1.165, 1.54) is 30.9 Å². The van der Waals surface area contributed by atoms with E-state index in [4.69, 9.17) is 0 Å². The second-order valence-electron chi connectivity index (χ2n) is 6.65. The Bertz CT molecular complexity index is 711. The first-order valence-electron chi connectivity index (χ1n) is 9.01. The molecule has 1 aliphatic rings. The summed E-state index contributed by atoms with van der Waals surface area (Å²) in [5, 5.41) is 2.93. The lowest BCUT2D eigenvalue weighted by molar-refractivity contribution is -0.120. The molecular formula is C21H25FN2O. The summed E-state index contributed by atoms with van der Waals surface area (Å²) in [7, 11) is 0. The van der Waals surface area contributed by atoms with Crippen molar-refractivity contribution in [3.8, 4) is 0 Å². The standard InChI is InChI=1S/C21H25FN2O/c22-20-11-5-4-8-17(20)14-21(25)23-15-18-9-2-3-10-19(18)16-24-12-6-1-7-13-24/h2-5,8-11H,1,6-7,12-16H2,(H,23,25). The molecule has 2 aromatic carbocycles. The Hall–Kier alpha value is -2.20. The molecule has 1 aliphatic heterocycles. The van der Waals surface area contributed by atoms with E-state index in [1.807, 2.05) is 12.1 Å². The fraction of sp³-hybridized carbons (Fsp3) is 0.381. The summed E-state index contributed by atoms with van der Waals surface area (Å²) in [5.41, 5.74) is 2.83. The highest BCUT2D eigenvalue weighted by atomic mass is 19.1. The van der Waals surface area contributed by atoms with Gasteiger partial charge in [0.15, 0.2) is 0 Å². The van der Waals surface area contributed by atoms with E-state index in [0.717, 1.165) is 25.2 Å². The van der Waals surface area contributed by atoms with E-state index < -0.39 is 0 Å². The second-order valence-corrected chi connectivity index (χ2v) is 6.65. The summed E-state index contributed by atoms with van der Waals surface area (Å²) in [6.07, 6.45) is 3.92. The van der Waals surface area contributed by atoms with Gasteiger partial charge < -0.3 is 5.32 Å². The number of hydrogen-bond donors (Lipinski definition) is 1. The van der Waals surface area contributed by atoms with Gasteiger partial charge in [0, 0.05) is 13.1 Å². The number of hydrogen-bond acceptors (Lipinski definition) is 2. The molecule has 4 heteroatoms. The van der Waals surface area contributed by atoms with Crippen LogP contribution in [0.25, 0.3) is 0 Å². The Kier molecular flexibility index (Phi) is 6.18. The van der Waals surface area contributed by atoms with Gasteiger partial charge in [-0.2, -0.15) is 0 Å². The lowest BCUT2D eigenvalue weighted by atomic mass is 10.0. The van der Waals surface area contributed by atoms with Gasteiger partial charge >= 0.3 is 0 Å². The van der Waals surface area contributed by atoms with Crippen LogP contribution in [-0.4, -0.2) is 23.9 Å². The van der Waals surface area contributed by atoms with Gasteiger partial charge in [-0.15, -0.1) is 0 Å². The summed E-state index contributed by atoms with van der Waals surface area (Å²) < 4.78 is 13.7.